The Morgan fingerprint density at radius 2 is 2.00 bits per heavy atom. The molecule has 1 fully saturated rings. The van der Waals surface area contributed by atoms with E-state index in [-0.39, 0.29) is 12.5 Å². The zero-order chi connectivity index (χ0) is 17.1. The lowest BCUT2D eigenvalue weighted by atomic mass is 9.99. The molecule has 0 aliphatic carbocycles. The van der Waals surface area contributed by atoms with Crippen LogP contribution in [0, 0.1) is 5.92 Å². The molecule has 0 radical (unpaired) electrons. The average Bonchev–Trinajstić information content (AvgIpc) is 3.05. The van der Waals surface area contributed by atoms with E-state index < -0.39 is 0 Å². The van der Waals surface area contributed by atoms with Crippen LogP contribution in [0.5, 0.6) is 5.75 Å². The number of carbonyl (C=O) groups is 1. The first kappa shape index (κ1) is 17.2. The number of halogens is 2. The van der Waals surface area contributed by atoms with Crippen LogP contribution in [0.2, 0.25) is 10.0 Å². The van der Waals surface area contributed by atoms with E-state index in [0.29, 0.717) is 33.2 Å². The summed E-state index contributed by atoms with van der Waals surface area (Å²) in [5.41, 5.74) is 0. The molecule has 128 valence electrons. The molecule has 0 saturated carbocycles. The number of hydrogen-bond donors (Lipinski definition) is 0. The first-order valence-electron chi connectivity index (χ1n) is 7.99. The largest absolute Gasteiger partial charge is 0.484 e. The maximum atomic E-state index is 12.4. The van der Waals surface area contributed by atoms with Gasteiger partial charge in [0.2, 0.25) is 0 Å². The van der Waals surface area contributed by atoms with Gasteiger partial charge in [0.1, 0.15) is 18.1 Å². The Morgan fingerprint density at radius 1 is 1.25 bits per heavy atom. The first-order chi connectivity index (χ1) is 11.5. The number of hydrogen-bond acceptors (Lipinski definition) is 3. The molecule has 2 heterocycles. The van der Waals surface area contributed by atoms with Gasteiger partial charge in [-0.1, -0.05) is 30.1 Å². The zero-order valence-electron chi connectivity index (χ0n) is 13.4. The Balaban J connectivity index is 1.61. The van der Waals surface area contributed by atoms with Crippen LogP contribution in [0.25, 0.3) is 0 Å². The van der Waals surface area contributed by atoms with Crippen LogP contribution >= 0.6 is 23.2 Å². The van der Waals surface area contributed by atoms with E-state index in [0.717, 1.165) is 25.9 Å². The van der Waals surface area contributed by atoms with Crippen LogP contribution in [-0.4, -0.2) is 23.9 Å². The van der Waals surface area contributed by atoms with Crippen molar-refractivity contribution in [1.29, 1.82) is 0 Å². The first-order valence-corrected chi connectivity index (χ1v) is 8.74. The van der Waals surface area contributed by atoms with E-state index in [1.54, 1.807) is 30.3 Å². The van der Waals surface area contributed by atoms with E-state index in [9.17, 15) is 4.79 Å². The van der Waals surface area contributed by atoms with Gasteiger partial charge in [-0.15, -0.1) is 0 Å². The van der Waals surface area contributed by atoms with Crippen LogP contribution < -0.4 is 4.74 Å². The lowest BCUT2D eigenvalue weighted by Gasteiger charge is -2.29. The number of ether oxygens (including phenoxy) is 1. The van der Waals surface area contributed by atoms with Gasteiger partial charge in [0, 0.05) is 24.2 Å². The number of furan rings is 1. The number of carbonyl (C=O) groups excluding carboxylic acids is 1. The van der Waals surface area contributed by atoms with Crippen molar-refractivity contribution in [3.8, 4) is 5.75 Å². The maximum absolute atomic E-state index is 12.4. The summed E-state index contributed by atoms with van der Waals surface area (Å²) in [5, 5.41) is 1.02. The van der Waals surface area contributed by atoms with E-state index >= 15 is 0 Å². The molecule has 0 spiro atoms. The lowest BCUT2D eigenvalue weighted by Crippen LogP contribution is -2.37. The molecule has 3 rings (SSSR count). The molecule has 1 aliphatic heterocycles. The third-order valence-electron chi connectivity index (χ3n) is 4.21. The Hall–Kier alpha value is -1.65. The second kappa shape index (κ2) is 7.49. The smallest absolute Gasteiger partial charge is 0.289 e. The molecule has 1 aliphatic rings. The van der Waals surface area contributed by atoms with E-state index in [1.165, 1.54) is 0 Å². The fourth-order valence-electron chi connectivity index (χ4n) is 2.67. The Morgan fingerprint density at radius 3 is 2.75 bits per heavy atom. The Labute approximate surface area is 151 Å². The molecule has 0 unspecified atom stereocenters. The van der Waals surface area contributed by atoms with Gasteiger partial charge < -0.3 is 14.1 Å². The number of nitrogens with zero attached hydrogens (tertiary/aromatic N) is 1. The molecule has 1 aromatic heterocycles. The van der Waals surface area contributed by atoms with Crippen LogP contribution in [0.1, 0.15) is 36.1 Å². The highest BCUT2D eigenvalue weighted by atomic mass is 35.5. The quantitative estimate of drug-likeness (QED) is 0.760. The molecular formula is C18H19Cl2NO3. The number of rotatable bonds is 4. The van der Waals surface area contributed by atoms with Gasteiger partial charge in [-0.2, -0.15) is 0 Å². The van der Waals surface area contributed by atoms with Crippen molar-refractivity contribution in [2.75, 3.05) is 13.1 Å². The highest BCUT2D eigenvalue weighted by Crippen LogP contribution is 2.28. The second-order valence-corrected chi connectivity index (χ2v) is 6.95. The van der Waals surface area contributed by atoms with Crippen molar-refractivity contribution in [1.82, 2.24) is 4.90 Å². The third kappa shape index (κ3) is 4.05. The Bertz CT molecular complexity index is 721. The summed E-state index contributed by atoms with van der Waals surface area (Å²) in [6, 6.07) is 8.46. The van der Waals surface area contributed by atoms with Crippen LogP contribution in [0.15, 0.2) is 34.7 Å². The van der Waals surface area contributed by atoms with Crippen molar-refractivity contribution >= 4 is 29.1 Å². The van der Waals surface area contributed by atoms with Gasteiger partial charge in [0.25, 0.3) is 5.91 Å². The van der Waals surface area contributed by atoms with Gasteiger partial charge >= 0.3 is 0 Å². The van der Waals surface area contributed by atoms with E-state index in [4.69, 9.17) is 32.4 Å². The molecule has 1 saturated heterocycles. The lowest BCUT2D eigenvalue weighted by molar-refractivity contribution is 0.0661. The fraction of sp³-hybridized carbons (Fsp3) is 0.389. The normalized spacial score (nSPS) is 15.5. The molecule has 0 N–H and O–H groups in total. The third-order valence-corrected chi connectivity index (χ3v) is 4.75. The SMILES string of the molecule is CC1CCN(C(=O)c2ccc(COc3cc(Cl)ccc3Cl)o2)CC1. The van der Waals surface area contributed by atoms with Crippen LogP contribution in [0.3, 0.4) is 0 Å². The summed E-state index contributed by atoms with van der Waals surface area (Å²) in [4.78, 5) is 14.3. The van der Waals surface area contributed by atoms with Crippen molar-refractivity contribution in [2.45, 2.75) is 26.4 Å². The molecule has 24 heavy (non-hydrogen) atoms. The molecule has 0 bridgehead atoms. The standard InChI is InChI=1S/C18H19Cl2NO3/c1-12-6-8-21(9-7-12)18(22)16-5-3-14(24-16)11-23-17-10-13(19)2-4-15(17)20/h2-5,10,12H,6-9,11H2,1H3. The van der Waals surface area contributed by atoms with Gasteiger partial charge in [-0.3, -0.25) is 4.79 Å². The van der Waals surface area contributed by atoms with Crippen molar-refractivity contribution in [3.63, 3.8) is 0 Å². The molecular weight excluding hydrogens is 349 g/mol. The van der Waals surface area contributed by atoms with E-state index in [2.05, 4.69) is 6.92 Å². The minimum Gasteiger partial charge on any atom is -0.484 e. The van der Waals surface area contributed by atoms with Crippen molar-refractivity contribution < 1.29 is 13.9 Å². The number of likely N-dealkylation sites (tertiary alicyclic amines) is 1. The predicted octanol–water partition coefficient (Wildman–Crippen LogP) is 5.04. The second-order valence-electron chi connectivity index (χ2n) is 6.10. The summed E-state index contributed by atoms with van der Waals surface area (Å²) in [7, 11) is 0. The molecule has 6 heteroatoms. The van der Waals surface area contributed by atoms with Crippen LogP contribution in [0.4, 0.5) is 0 Å². The average molecular weight is 368 g/mol. The monoisotopic (exact) mass is 367 g/mol. The highest BCUT2D eigenvalue weighted by Gasteiger charge is 2.23. The summed E-state index contributed by atoms with van der Waals surface area (Å²) in [6.45, 7) is 3.96. The van der Waals surface area contributed by atoms with Gasteiger partial charge in [-0.05, 0) is 43.0 Å². The van der Waals surface area contributed by atoms with Gasteiger partial charge in [-0.25, -0.2) is 0 Å². The Kier molecular flexibility index (Phi) is 5.36. The molecule has 2 aromatic rings. The fourth-order valence-corrected chi connectivity index (χ4v) is 3.01. The number of amides is 1. The topological polar surface area (TPSA) is 42.7 Å². The van der Waals surface area contributed by atoms with Crippen molar-refractivity contribution in [3.05, 3.63) is 51.9 Å². The summed E-state index contributed by atoms with van der Waals surface area (Å²) < 4.78 is 11.2. The molecule has 1 amide bonds. The van der Waals surface area contributed by atoms with E-state index in [1.807, 2.05) is 4.90 Å². The van der Waals surface area contributed by atoms with Gasteiger partial charge in [0.15, 0.2) is 5.76 Å². The minimum absolute atomic E-state index is 0.0612. The van der Waals surface area contributed by atoms with Crippen LogP contribution in [-0.2, 0) is 6.61 Å². The summed E-state index contributed by atoms with van der Waals surface area (Å²) in [6.07, 6.45) is 2.07. The zero-order valence-corrected chi connectivity index (χ0v) is 14.9. The van der Waals surface area contributed by atoms with Gasteiger partial charge in [0.05, 0.1) is 5.02 Å². The highest BCUT2D eigenvalue weighted by molar-refractivity contribution is 6.34. The maximum Gasteiger partial charge on any atom is 0.289 e. The van der Waals surface area contributed by atoms with Crippen molar-refractivity contribution in [2.24, 2.45) is 5.92 Å². The summed E-state index contributed by atoms with van der Waals surface area (Å²) >= 11 is 12.0. The minimum atomic E-state index is -0.0612. The molecule has 0 atom stereocenters. The predicted molar refractivity (Wildman–Crippen MR) is 93.8 cm³/mol. The molecule has 1 aromatic carbocycles. The number of benzene rings is 1. The summed E-state index contributed by atoms with van der Waals surface area (Å²) in [5.74, 6) is 2.02. The molecule has 4 nitrogen and oxygen atoms in total. The number of piperidine rings is 1.